The van der Waals surface area contributed by atoms with Crippen LogP contribution in [0.5, 0.6) is 0 Å². The minimum atomic E-state index is -3.40. The third-order valence-electron chi connectivity index (χ3n) is 5.12. The van der Waals surface area contributed by atoms with Gasteiger partial charge in [-0.1, -0.05) is 36.4 Å². The van der Waals surface area contributed by atoms with Gasteiger partial charge >= 0.3 is 0 Å². The van der Waals surface area contributed by atoms with E-state index in [2.05, 4.69) is 10.0 Å². The van der Waals surface area contributed by atoms with Crippen molar-refractivity contribution in [3.63, 3.8) is 0 Å². The summed E-state index contributed by atoms with van der Waals surface area (Å²) in [7, 11) is -3.40. The summed E-state index contributed by atoms with van der Waals surface area (Å²) in [6, 6.07) is 16.3. The van der Waals surface area contributed by atoms with E-state index >= 15 is 0 Å². The van der Waals surface area contributed by atoms with E-state index in [1.54, 1.807) is 36.1 Å². The van der Waals surface area contributed by atoms with Crippen molar-refractivity contribution in [2.75, 3.05) is 43.2 Å². The Morgan fingerprint density at radius 1 is 0.968 bits per heavy atom. The van der Waals surface area contributed by atoms with E-state index in [-0.39, 0.29) is 17.6 Å². The van der Waals surface area contributed by atoms with Crippen molar-refractivity contribution in [2.45, 2.75) is 13.5 Å². The first-order valence-corrected chi connectivity index (χ1v) is 11.9. The maximum absolute atomic E-state index is 12.8. The standard InChI is InChI=1S/C22H28N4O4S/c1-2-31(29,30)24-20-10-6-9-19(15-20)22(28)26-13-11-25(12-14-26)17-21(27)23-16-18-7-4-3-5-8-18/h3-10,15,24H,2,11-14,16-17H2,1H3,(H,23,27). The maximum Gasteiger partial charge on any atom is 0.254 e. The first-order chi connectivity index (χ1) is 14.9. The highest BCUT2D eigenvalue weighted by Gasteiger charge is 2.23. The van der Waals surface area contributed by atoms with Gasteiger partial charge in [-0.3, -0.25) is 19.2 Å². The SMILES string of the molecule is CCS(=O)(=O)Nc1cccc(C(=O)N2CCN(CC(=O)NCc3ccccc3)CC2)c1. The zero-order valence-corrected chi connectivity index (χ0v) is 18.4. The normalized spacial score (nSPS) is 14.8. The van der Waals surface area contributed by atoms with Crippen LogP contribution in [0.1, 0.15) is 22.8 Å². The van der Waals surface area contributed by atoms with Crippen LogP contribution in [-0.4, -0.2) is 68.5 Å². The summed E-state index contributed by atoms with van der Waals surface area (Å²) in [4.78, 5) is 28.8. The highest BCUT2D eigenvalue weighted by Crippen LogP contribution is 2.15. The van der Waals surface area contributed by atoms with Gasteiger partial charge in [-0.2, -0.15) is 0 Å². The van der Waals surface area contributed by atoms with Crippen molar-refractivity contribution in [1.82, 2.24) is 15.1 Å². The summed E-state index contributed by atoms with van der Waals surface area (Å²) in [5, 5.41) is 2.92. The van der Waals surface area contributed by atoms with E-state index in [0.717, 1.165) is 5.56 Å². The molecule has 1 saturated heterocycles. The predicted octanol–water partition coefficient (Wildman–Crippen LogP) is 1.52. The number of rotatable bonds is 8. The molecule has 1 heterocycles. The second kappa shape index (κ2) is 10.4. The summed E-state index contributed by atoms with van der Waals surface area (Å²) < 4.78 is 26.0. The lowest BCUT2D eigenvalue weighted by Crippen LogP contribution is -2.51. The van der Waals surface area contributed by atoms with E-state index in [1.165, 1.54) is 0 Å². The Balaban J connectivity index is 1.48. The number of amides is 2. The Bertz CT molecular complexity index is 1000. The summed E-state index contributed by atoms with van der Waals surface area (Å²) in [5.74, 6) is -0.225. The van der Waals surface area contributed by atoms with Gasteiger partial charge in [0.25, 0.3) is 5.91 Å². The lowest BCUT2D eigenvalue weighted by molar-refractivity contribution is -0.122. The van der Waals surface area contributed by atoms with Crippen molar-refractivity contribution >= 4 is 27.5 Å². The van der Waals surface area contributed by atoms with Crippen LogP contribution in [-0.2, 0) is 21.4 Å². The largest absolute Gasteiger partial charge is 0.351 e. The molecule has 2 aromatic rings. The number of sulfonamides is 1. The summed E-state index contributed by atoms with van der Waals surface area (Å²) in [5.41, 5.74) is 1.86. The number of hydrogen-bond donors (Lipinski definition) is 2. The molecule has 1 aliphatic heterocycles. The molecular formula is C22H28N4O4S. The van der Waals surface area contributed by atoms with Crippen molar-refractivity contribution in [2.24, 2.45) is 0 Å². The molecule has 0 unspecified atom stereocenters. The smallest absolute Gasteiger partial charge is 0.254 e. The number of benzene rings is 2. The Hall–Kier alpha value is -2.91. The van der Waals surface area contributed by atoms with E-state index in [0.29, 0.717) is 50.5 Å². The highest BCUT2D eigenvalue weighted by atomic mass is 32.2. The van der Waals surface area contributed by atoms with Gasteiger partial charge in [-0.15, -0.1) is 0 Å². The minimum Gasteiger partial charge on any atom is -0.351 e. The monoisotopic (exact) mass is 444 g/mol. The van der Waals surface area contributed by atoms with Crippen molar-refractivity contribution in [1.29, 1.82) is 0 Å². The quantitative estimate of drug-likeness (QED) is 0.643. The number of anilines is 1. The second-order valence-electron chi connectivity index (χ2n) is 7.42. The van der Waals surface area contributed by atoms with Crippen LogP contribution in [0.25, 0.3) is 0 Å². The first kappa shape index (κ1) is 22.8. The molecule has 2 amide bonds. The van der Waals surface area contributed by atoms with Gasteiger partial charge in [0, 0.05) is 44.0 Å². The number of nitrogens with zero attached hydrogens (tertiary/aromatic N) is 2. The van der Waals surface area contributed by atoms with E-state index in [9.17, 15) is 18.0 Å². The average Bonchev–Trinajstić information content (AvgIpc) is 2.78. The third kappa shape index (κ3) is 6.80. The Morgan fingerprint density at radius 3 is 2.35 bits per heavy atom. The number of carbonyl (C=O) groups excluding carboxylic acids is 2. The van der Waals surface area contributed by atoms with Gasteiger partial charge in [0.15, 0.2) is 0 Å². The first-order valence-electron chi connectivity index (χ1n) is 10.3. The topological polar surface area (TPSA) is 98.8 Å². The molecule has 9 heteroatoms. The van der Waals surface area contributed by atoms with Crippen LogP contribution in [0, 0.1) is 0 Å². The van der Waals surface area contributed by atoms with Gasteiger partial charge in [0.05, 0.1) is 12.3 Å². The summed E-state index contributed by atoms with van der Waals surface area (Å²) in [6.07, 6.45) is 0. The number of piperazine rings is 1. The molecule has 0 saturated carbocycles. The van der Waals surface area contributed by atoms with Crippen LogP contribution >= 0.6 is 0 Å². The molecule has 3 rings (SSSR count). The van der Waals surface area contributed by atoms with Crippen molar-refractivity contribution < 1.29 is 18.0 Å². The molecule has 0 aliphatic carbocycles. The average molecular weight is 445 g/mol. The summed E-state index contributed by atoms with van der Waals surface area (Å²) in [6.45, 7) is 4.57. The lowest BCUT2D eigenvalue weighted by Gasteiger charge is -2.34. The molecule has 2 N–H and O–H groups in total. The number of carbonyl (C=O) groups is 2. The zero-order valence-electron chi connectivity index (χ0n) is 17.6. The molecule has 2 aromatic carbocycles. The Kier molecular flexibility index (Phi) is 7.64. The van der Waals surface area contributed by atoms with Gasteiger partial charge in [0.2, 0.25) is 15.9 Å². The van der Waals surface area contributed by atoms with E-state index < -0.39 is 10.0 Å². The molecule has 1 fully saturated rings. The van der Waals surface area contributed by atoms with E-state index in [4.69, 9.17) is 0 Å². The zero-order chi connectivity index (χ0) is 22.3. The summed E-state index contributed by atoms with van der Waals surface area (Å²) >= 11 is 0. The predicted molar refractivity (Wildman–Crippen MR) is 120 cm³/mol. The highest BCUT2D eigenvalue weighted by molar-refractivity contribution is 7.92. The third-order valence-corrected chi connectivity index (χ3v) is 6.43. The molecular weight excluding hydrogens is 416 g/mol. The Labute approximate surface area is 183 Å². The molecule has 0 bridgehead atoms. The minimum absolute atomic E-state index is 0.0357. The van der Waals surface area contributed by atoms with Gasteiger partial charge in [-0.25, -0.2) is 8.42 Å². The van der Waals surface area contributed by atoms with Crippen LogP contribution in [0.2, 0.25) is 0 Å². The number of hydrogen-bond acceptors (Lipinski definition) is 5. The fraction of sp³-hybridized carbons (Fsp3) is 0.364. The van der Waals surface area contributed by atoms with Crippen LogP contribution in [0.3, 0.4) is 0 Å². The molecule has 8 nitrogen and oxygen atoms in total. The molecule has 0 radical (unpaired) electrons. The van der Waals surface area contributed by atoms with E-state index in [1.807, 2.05) is 35.2 Å². The van der Waals surface area contributed by atoms with Crippen molar-refractivity contribution in [3.05, 3.63) is 65.7 Å². The molecule has 166 valence electrons. The molecule has 0 atom stereocenters. The van der Waals surface area contributed by atoms with Crippen molar-refractivity contribution in [3.8, 4) is 0 Å². The van der Waals surface area contributed by atoms with Crippen LogP contribution < -0.4 is 10.0 Å². The molecule has 1 aliphatic rings. The van der Waals surface area contributed by atoms with Crippen LogP contribution in [0.15, 0.2) is 54.6 Å². The van der Waals surface area contributed by atoms with Gasteiger partial charge in [-0.05, 0) is 30.7 Å². The molecule has 31 heavy (non-hydrogen) atoms. The molecule has 0 spiro atoms. The maximum atomic E-state index is 12.8. The molecule has 0 aromatic heterocycles. The van der Waals surface area contributed by atoms with Gasteiger partial charge < -0.3 is 10.2 Å². The number of nitrogens with one attached hydrogen (secondary N) is 2. The fourth-order valence-electron chi connectivity index (χ4n) is 3.31. The van der Waals surface area contributed by atoms with Crippen LogP contribution in [0.4, 0.5) is 5.69 Å². The second-order valence-corrected chi connectivity index (χ2v) is 9.43. The Morgan fingerprint density at radius 2 is 1.68 bits per heavy atom. The van der Waals surface area contributed by atoms with Gasteiger partial charge in [0.1, 0.15) is 0 Å². The fourth-order valence-corrected chi connectivity index (χ4v) is 3.95. The lowest BCUT2D eigenvalue weighted by atomic mass is 10.1.